The van der Waals surface area contributed by atoms with Gasteiger partial charge in [-0.05, 0) is 0 Å². The Labute approximate surface area is 61.2 Å². The summed E-state index contributed by atoms with van der Waals surface area (Å²) in [6.07, 6.45) is 0. The fraction of sp³-hybridized carbons (Fsp3) is 1.00. The summed E-state index contributed by atoms with van der Waals surface area (Å²) in [4.78, 5) is 0. The van der Waals surface area contributed by atoms with Gasteiger partial charge in [0, 0.05) is 20.1 Å². The number of alkyl halides is 1. The highest BCUT2D eigenvalue weighted by Gasteiger charge is 2.04. The third-order valence-corrected chi connectivity index (χ3v) is 1.72. The molecule has 0 spiro atoms. The maximum absolute atomic E-state index is 5.33. The van der Waals surface area contributed by atoms with Gasteiger partial charge in [0.2, 0.25) is 0 Å². The average Bonchev–Trinajstić information content (AvgIpc) is 1.91. The maximum Gasteiger partial charge on any atom is 0.332 e. The molecule has 5 heteroatoms. The van der Waals surface area contributed by atoms with Crippen molar-refractivity contribution in [1.29, 1.82) is 0 Å². The van der Waals surface area contributed by atoms with Crippen LogP contribution in [-0.2, 0) is 13.6 Å². The van der Waals surface area contributed by atoms with E-state index in [2.05, 4.69) is 0 Å². The summed E-state index contributed by atoms with van der Waals surface area (Å²) in [7, 11) is 1.92. The third-order valence-electron chi connectivity index (χ3n) is 0.572. The minimum absolute atomic E-state index is 0.464. The number of hydrogen-bond acceptors (Lipinski definition) is 3. The predicted molar refractivity (Wildman–Crippen MR) is 37.6 cm³/mol. The van der Waals surface area contributed by atoms with Crippen LogP contribution in [0.25, 0.3) is 0 Å². The van der Waals surface area contributed by atoms with Crippen molar-refractivity contribution in [2.75, 3.05) is 26.7 Å². The van der Waals surface area contributed by atoms with Crippen molar-refractivity contribution in [3.8, 4) is 0 Å². The van der Waals surface area contributed by atoms with E-state index in [1.165, 1.54) is 14.2 Å². The Morgan fingerprint density at radius 2 is 1.89 bits per heavy atom. The van der Waals surface area contributed by atoms with Gasteiger partial charge in [-0.1, -0.05) is 0 Å². The number of rotatable bonds is 5. The number of halogens is 1. The Bertz CT molecular complexity index is 59.8. The van der Waals surface area contributed by atoms with E-state index in [1.54, 1.807) is 0 Å². The molecule has 0 radical (unpaired) electrons. The van der Waals surface area contributed by atoms with Gasteiger partial charge in [-0.15, -0.1) is 11.6 Å². The van der Waals surface area contributed by atoms with Crippen LogP contribution in [-0.4, -0.2) is 26.7 Å². The third kappa shape index (κ3) is 5.07. The molecule has 0 aromatic rings. The Hall–Kier alpha value is 0.600. The molecule has 0 aliphatic heterocycles. The smallest absolute Gasteiger partial charge is 0.316 e. The van der Waals surface area contributed by atoms with Gasteiger partial charge >= 0.3 is 8.60 Å². The van der Waals surface area contributed by atoms with E-state index in [0.717, 1.165) is 0 Å². The minimum atomic E-state index is -1.15. The molecule has 0 rings (SSSR count). The first kappa shape index (κ1) is 9.60. The molecule has 56 valence electrons. The molecule has 0 aromatic carbocycles. The van der Waals surface area contributed by atoms with Crippen molar-refractivity contribution in [2.24, 2.45) is 0 Å². The predicted octanol–water partition coefficient (Wildman–Crippen LogP) is 1.76. The van der Waals surface area contributed by atoms with Crippen molar-refractivity contribution in [2.45, 2.75) is 0 Å². The summed E-state index contributed by atoms with van der Waals surface area (Å²) >= 11 is 5.33. The highest BCUT2D eigenvalue weighted by Crippen LogP contribution is 2.36. The lowest BCUT2D eigenvalue weighted by molar-refractivity contribution is 0.215. The van der Waals surface area contributed by atoms with Crippen molar-refractivity contribution < 1.29 is 13.6 Å². The highest BCUT2D eigenvalue weighted by molar-refractivity contribution is 7.41. The monoisotopic (exact) mass is 172 g/mol. The lowest BCUT2D eigenvalue weighted by atomic mass is 10.9. The van der Waals surface area contributed by atoms with E-state index in [9.17, 15) is 0 Å². The summed E-state index contributed by atoms with van der Waals surface area (Å²) in [6, 6.07) is 0. The first-order chi connectivity index (χ1) is 4.35. The van der Waals surface area contributed by atoms with E-state index in [0.29, 0.717) is 12.5 Å². The van der Waals surface area contributed by atoms with E-state index < -0.39 is 8.60 Å². The summed E-state index contributed by atoms with van der Waals surface area (Å²) in [5.41, 5.74) is 0. The van der Waals surface area contributed by atoms with Gasteiger partial charge in [-0.2, -0.15) is 0 Å². The van der Waals surface area contributed by atoms with Gasteiger partial charge in [0.1, 0.15) is 0 Å². The molecule has 0 fully saturated rings. The molecule has 0 aliphatic carbocycles. The zero-order valence-corrected chi connectivity index (χ0v) is 7.11. The second kappa shape index (κ2) is 6.72. The largest absolute Gasteiger partial charge is 0.332 e. The van der Waals surface area contributed by atoms with Crippen LogP contribution in [0.3, 0.4) is 0 Å². The molecule has 0 N–H and O–H groups in total. The SMILES string of the molecule is COP(OC)OCCCl. The molecule has 9 heavy (non-hydrogen) atoms. The Balaban J connectivity index is 3.09. The summed E-state index contributed by atoms with van der Waals surface area (Å²) < 4.78 is 14.5. The Kier molecular flexibility index (Phi) is 7.16. The molecule has 0 aliphatic rings. The van der Waals surface area contributed by atoms with Crippen LogP contribution in [0.15, 0.2) is 0 Å². The Morgan fingerprint density at radius 1 is 1.33 bits per heavy atom. The lowest BCUT2D eigenvalue weighted by Crippen LogP contribution is -1.92. The molecule has 0 bridgehead atoms. The lowest BCUT2D eigenvalue weighted by Gasteiger charge is -2.09. The molecule has 0 saturated heterocycles. The summed E-state index contributed by atoms with van der Waals surface area (Å²) in [6.45, 7) is 0.467. The van der Waals surface area contributed by atoms with Crippen LogP contribution in [0.1, 0.15) is 0 Å². The van der Waals surface area contributed by atoms with Crippen LogP contribution < -0.4 is 0 Å². The van der Waals surface area contributed by atoms with Gasteiger partial charge in [-0.3, -0.25) is 0 Å². The quantitative estimate of drug-likeness (QED) is 0.467. The van der Waals surface area contributed by atoms with Crippen molar-refractivity contribution in [3.05, 3.63) is 0 Å². The molecule has 0 amide bonds. The normalized spacial score (nSPS) is 10.7. The second-order valence-electron chi connectivity index (χ2n) is 1.11. The first-order valence-corrected chi connectivity index (χ1v) is 4.05. The van der Waals surface area contributed by atoms with E-state index in [4.69, 9.17) is 25.2 Å². The molecule has 0 atom stereocenters. The van der Waals surface area contributed by atoms with Crippen molar-refractivity contribution in [1.82, 2.24) is 0 Å². The molecule has 0 unspecified atom stereocenters. The van der Waals surface area contributed by atoms with E-state index >= 15 is 0 Å². The average molecular weight is 173 g/mol. The minimum Gasteiger partial charge on any atom is -0.316 e. The fourth-order valence-corrected chi connectivity index (χ4v) is 1.07. The maximum atomic E-state index is 5.33. The highest BCUT2D eigenvalue weighted by atomic mass is 35.5. The van der Waals surface area contributed by atoms with Gasteiger partial charge in [-0.25, -0.2) is 0 Å². The molecule has 3 nitrogen and oxygen atoms in total. The van der Waals surface area contributed by atoms with E-state index in [1.807, 2.05) is 0 Å². The summed E-state index contributed by atoms with van der Waals surface area (Å²) in [5.74, 6) is 0.464. The second-order valence-corrected chi connectivity index (χ2v) is 2.92. The topological polar surface area (TPSA) is 27.7 Å². The van der Waals surface area contributed by atoms with Gasteiger partial charge in [0.25, 0.3) is 0 Å². The van der Waals surface area contributed by atoms with Gasteiger partial charge in [0.05, 0.1) is 6.61 Å². The molecule has 0 heterocycles. The van der Waals surface area contributed by atoms with Crippen LogP contribution in [0, 0.1) is 0 Å². The van der Waals surface area contributed by atoms with Crippen LogP contribution >= 0.6 is 20.2 Å². The van der Waals surface area contributed by atoms with Crippen molar-refractivity contribution >= 4 is 20.2 Å². The molecular weight excluding hydrogens is 162 g/mol. The zero-order valence-electron chi connectivity index (χ0n) is 5.46. The van der Waals surface area contributed by atoms with Gasteiger partial charge < -0.3 is 13.6 Å². The fourth-order valence-electron chi connectivity index (χ4n) is 0.289. The molecule has 0 aromatic heterocycles. The Morgan fingerprint density at radius 3 is 2.22 bits per heavy atom. The summed E-state index contributed by atoms with van der Waals surface area (Å²) in [5, 5.41) is 0. The van der Waals surface area contributed by atoms with Crippen LogP contribution in [0.4, 0.5) is 0 Å². The standard InChI is InChI=1S/C4H10ClO3P/c1-6-9(7-2)8-4-3-5/h3-4H2,1-2H3. The zero-order chi connectivity index (χ0) is 7.11. The van der Waals surface area contributed by atoms with E-state index in [-0.39, 0.29) is 0 Å². The van der Waals surface area contributed by atoms with Gasteiger partial charge in [0.15, 0.2) is 0 Å². The van der Waals surface area contributed by atoms with Crippen LogP contribution in [0.2, 0.25) is 0 Å². The van der Waals surface area contributed by atoms with Crippen molar-refractivity contribution in [3.63, 3.8) is 0 Å². The number of hydrogen-bond donors (Lipinski definition) is 0. The molecular formula is C4H10ClO3P. The molecule has 0 saturated carbocycles. The first-order valence-electron chi connectivity index (χ1n) is 2.42. The van der Waals surface area contributed by atoms with Crippen LogP contribution in [0.5, 0.6) is 0 Å².